The van der Waals surface area contributed by atoms with Crippen LogP contribution in [0.3, 0.4) is 0 Å². The Morgan fingerprint density at radius 3 is 2.65 bits per heavy atom. The third-order valence-electron chi connectivity index (χ3n) is 4.96. The number of aryl methyl sites for hydroxylation is 1. The van der Waals surface area contributed by atoms with Crippen molar-refractivity contribution in [2.45, 2.75) is 45.3 Å². The number of rotatable bonds is 6. The standard InChI is InChI=1S/C21H30N4O/c1-16(2)20-22-17(3)12-19(23-20)24(4)14-21(26)10-11-25(15-21)13-18-8-6-5-7-9-18/h5-9,12,16,26H,10-11,13-15H2,1-4H3. The molecule has 0 bridgehead atoms. The molecule has 0 amide bonds. The van der Waals surface area contributed by atoms with Crippen LogP contribution < -0.4 is 4.90 Å². The van der Waals surface area contributed by atoms with Crippen LogP contribution >= 0.6 is 0 Å². The molecule has 140 valence electrons. The van der Waals surface area contributed by atoms with Crippen molar-refractivity contribution in [2.75, 3.05) is 31.6 Å². The molecule has 2 aromatic rings. The molecule has 3 rings (SSSR count). The Balaban J connectivity index is 1.65. The topological polar surface area (TPSA) is 52.5 Å². The molecular formula is C21H30N4O. The van der Waals surface area contributed by atoms with Crippen molar-refractivity contribution in [2.24, 2.45) is 0 Å². The normalized spacial score (nSPS) is 20.7. The molecule has 1 atom stereocenters. The fourth-order valence-electron chi connectivity index (χ4n) is 3.60. The van der Waals surface area contributed by atoms with Crippen molar-refractivity contribution in [1.82, 2.24) is 14.9 Å². The summed E-state index contributed by atoms with van der Waals surface area (Å²) in [6, 6.07) is 12.4. The Bertz CT molecular complexity index is 734. The highest BCUT2D eigenvalue weighted by atomic mass is 16.3. The Morgan fingerprint density at radius 1 is 1.23 bits per heavy atom. The Hall–Kier alpha value is -1.98. The molecule has 0 saturated carbocycles. The van der Waals surface area contributed by atoms with Gasteiger partial charge in [0.1, 0.15) is 11.6 Å². The average Bonchev–Trinajstić information content (AvgIpc) is 2.95. The minimum atomic E-state index is -0.708. The molecule has 1 aromatic heterocycles. The minimum Gasteiger partial charge on any atom is -0.387 e. The zero-order valence-corrected chi connectivity index (χ0v) is 16.3. The summed E-state index contributed by atoms with van der Waals surface area (Å²) >= 11 is 0. The number of hydrogen-bond donors (Lipinski definition) is 1. The number of β-amino-alcohol motifs (C(OH)–C–C–N with tert-alkyl or cyclic N) is 1. The smallest absolute Gasteiger partial charge is 0.133 e. The molecule has 5 nitrogen and oxygen atoms in total. The summed E-state index contributed by atoms with van der Waals surface area (Å²) in [5.41, 5.74) is 1.55. The van der Waals surface area contributed by atoms with E-state index in [-0.39, 0.29) is 5.92 Å². The van der Waals surface area contributed by atoms with E-state index < -0.39 is 5.60 Å². The molecule has 2 heterocycles. The molecule has 5 heteroatoms. The molecule has 1 aliphatic rings. The number of benzene rings is 1. The minimum absolute atomic E-state index is 0.290. The first kappa shape index (κ1) is 18.8. The molecule has 1 fully saturated rings. The summed E-state index contributed by atoms with van der Waals surface area (Å²) in [4.78, 5) is 13.6. The second-order valence-electron chi connectivity index (χ2n) is 7.91. The fourth-order valence-corrected chi connectivity index (χ4v) is 3.60. The van der Waals surface area contributed by atoms with Gasteiger partial charge in [0.05, 0.1) is 5.60 Å². The molecule has 0 aliphatic carbocycles. The van der Waals surface area contributed by atoms with E-state index in [1.807, 2.05) is 26.1 Å². The van der Waals surface area contributed by atoms with Gasteiger partial charge in [0, 0.05) is 50.9 Å². The lowest BCUT2D eigenvalue weighted by molar-refractivity contribution is 0.0561. The highest BCUT2D eigenvalue weighted by Gasteiger charge is 2.37. The molecule has 26 heavy (non-hydrogen) atoms. The average molecular weight is 354 g/mol. The zero-order valence-electron chi connectivity index (χ0n) is 16.3. The first-order valence-electron chi connectivity index (χ1n) is 9.40. The van der Waals surface area contributed by atoms with Crippen LogP contribution in [-0.2, 0) is 6.54 Å². The Kier molecular flexibility index (Phi) is 5.58. The third kappa shape index (κ3) is 4.59. The Labute approximate surface area is 156 Å². The maximum absolute atomic E-state index is 11.1. The summed E-state index contributed by atoms with van der Waals surface area (Å²) in [5.74, 6) is 2.03. The number of aliphatic hydroxyl groups is 1. The van der Waals surface area contributed by atoms with Gasteiger partial charge in [-0.15, -0.1) is 0 Å². The highest BCUT2D eigenvalue weighted by molar-refractivity contribution is 5.39. The van der Waals surface area contributed by atoms with E-state index in [2.05, 4.69) is 57.9 Å². The molecule has 1 unspecified atom stereocenters. The summed E-state index contributed by atoms with van der Waals surface area (Å²) in [7, 11) is 2.00. The lowest BCUT2D eigenvalue weighted by atomic mass is 10.0. The van der Waals surface area contributed by atoms with Gasteiger partial charge in [-0.25, -0.2) is 9.97 Å². The van der Waals surface area contributed by atoms with Gasteiger partial charge >= 0.3 is 0 Å². The molecule has 0 spiro atoms. The summed E-state index contributed by atoms with van der Waals surface area (Å²) < 4.78 is 0. The van der Waals surface area contributed by atoms with Crippen molar-refractivity contribution < 1.29 is 5.11 Å². The molecule has 1 N–H and O–H groups in total. The SMILES string of the molecule is Cc1cc(N(C)CC2(O)CCN(Cc3ccccc3)C2)nc(C(C)C)n1. The second-order valence-corrected chi connectivity index (χ2v) is 7.91. The van der Waals surface area contributed by atoms with Gasteiger partial charge in [-0.05, 0) is 18.9 Å². The quantitative estimate of drug-likeness (QED) is 0.864. The van der Waals surface area contributed by atoms with Crippen LogP contribution in [0, 0.1) is 6.92 Å². The van der Waals surface area contributed by atoms with Crippen LogP contribution in [-0.4, -0.2) is 52.3 Å². The van der Waals surface area contributed by atoms with E-state index in [4.69, 9.17) is 0 Å². The number of likely N-dealkylation sites (N-methyl/N-ethyl adjacent to an activating group) is 1. The van der Waals surface area contributed by atoms with E-state index in [0.717, 1.165) is 36.8 Å². The van der Waals surface area contributed by atoms with Crippen molar-refractivity contribution >= 4 is 5.82 Å². The maximum atomic E-state index is 11.1. The van der Waals surface area contributed by atoms with Crippen molar-refractivity contribution in [3.05, 3.63) is 53.5 Å². The lowest BCUT2D eigenvalue weighted by Crippen LogP contribution is -2.44. The van der Waals surface area contributed by atoms with Crippen molar-refractivity contribution in [1.29, 1.82) is 0 Å². The summed E-state index contributed by atoms with van der Waals surface area (Å²) in [6.07, 6.45) is 0.783. The van der Waals surface area contributed by atoms with E-state index in [1.54, 1.807) is 0 Å². The first-order valence-corrected chi connectivity index (χ1v) is 9.40. The molecule has 1 aromatic carbocycles. The van der Waals surface area contributed by atoms with Crippen LogP contribution in [0.4, 0.5) is 5.82 Å². The van der Waals surface area contributed by atoms with Crippen molar-refractivity contribution in [3.63, 3.8) is 0 Å². The van der Waals surface area contributed by atoms with Crippen LogP contribution in [0.5, 0.6) is 0 Å². The predicted molar refractivity (Wildman–Crippen MR) is 105 cm³/mol. The number of anilines is 1. The number of aromatic nitrogens is 2. The zero-order chi connectivity index (χ0) is 18.7. The number of likely N-dealkylation sites (tertiary alicyclic amines) is 1. The first-order chi connectivity index (χ1) is 12.3. The molecule has 1 saturated heterocycles. The van der Waals surface area contributed by atoms with Crippen LogP contribution in [0.2, 0.25) is 0 Å². The van der Waals surface area contributed by atoms with Gasteiger partial charge in [-0.2, -0.15) is 0 Å². The highest BCUT2D eigenvalue weighted by Crippen LogP contribution is 2.26. The van der Waals surface area contributed by atoms with Gasteiger partial charge in [0.25, 0.3) is 0 Å². The van der Waals surface area contributed by atoms with Gasteiger partial charge < -0.3 is 10.0 Å². The molecular weight excluding hydrogens is 324 g/mol. The fraction of sp³-hybridized carbons (Fsp3) is 0.524. The maximum Gasteiger partial charge on any atom is 0.133 e. The van der Waals surface area contributed by atoms with Gasteiger partial charge in [0.15, 0.2) is 0 Å². The van der Waals surface area contributed by atoms with E-state index >= 15 is 0 Å². The third-order valence-corrected chi connectivity index (χ3v) is 4.96. The number of hydrogen-bond acceptors (Lipinski definition) is 5. The summed E-state index contributed by atoms with van der Waals surface area (Å²) in [5, 5.41) is 11.1. The lowest BCUT2D eigenvalue weighted by Gasteiger charge is -2.30. The largest absolute Gasteiger partial charge is 0.387 e. The van der Waals surface area contributed by atoms with Gasteiger partial charge in [0.2, 0.25) is 0 Å². The van der Waals surface area contributed by atoms with Gasteiger partial charge in [-0.3, -0.25) is 4.90 Å². The monoisotopic (exact) mass is 354 g/mol. The van der Waals surface area contributed by atoms with Crippen LogP contribution in [0.1, 0.15) is 43.3 Å². The van der Waals surface area contributed by atoms with E-state index in [1.165, 1.54) is 5.56 Å². The Morgan fingerprint density at radius 2 is 1.96 bits per heavy atom. The van der Waals surface area contributed by atoms with E-state index in [0.29, 0.717) is 13.1 Å². The van der Waals surface area contributed by atoms with Crippen molar-refractivity contribution in [3.8, 4) is 0 Å². The van der Waals surface area contributed by atoms with Gasteiger partial charge in [-0.1, -0.05) is 44.2 Å². The van der Waals surface area contributed by atoms with Crippen LogP contribution in [0.25, 0.3) is 0 Å². The second kappa shape index (κ2) is 7.72. The van der Waals surface area contributed by atoms with Crippen LogP contribution in [0.15, 0.2) is 36.4 Å². The predicted octanol–water partition coefficient (Wildman–Crippen LogP) is 2.98. The number of nitrogens with zero attached hydrogens (tertiary/aromatic N) is 4. The molecule has 1 aliphatic heterocycles. The summed E-state index contributed by atoms with van der Waals surface area (Å²) in [6.45, 7) is 9.27. The molecule has 0 radical (unpaired) electrons. The van der Waals surface area contributed by atoms with E-state index in [9.17, 15) is 5.11 Å².